The second-order valence-electron chi connectivity index (χ2n) is 6.66. The van der Waals surface area contributed by atoms with Crippen LogP contribution in [0.5, 0.6) is 5.88 Å². The Morgan fingerprint density at radius 3 is 3.04 bits per heavy atom. The Labute approximate surface area is 161 Å². The Balaban J connectivity index is 1.62. The number of nitrogens with zero attached hydrogens (tertiary/aromatic N) is 5. The minimum Gasteiger partial charge on any atom is -0.478 e. The first-order valence-electron chi connectivity index (χ1n) is 9.31. The van der Waals surface area contributed by atoms with Crippen molar-refractivity contribution in [2.24, 2.45) is 5.73 Å². The van der Waals surface area contributed by atoms with E-state index < -0.39 is 5.97 Å². The van der Waals surface area contributed by atoms with Crippen molar-refractivity contribution >= 4 is 17.4 Å². The van der Waals surface area contributed by atoms with Gasteiger partial charge in [-0.15, -0.1) is 0 Å². The molecular formula is C19H22N6O3. The molecule has 4 heterocycles. The average molecular weight is 382 g/mol. The highest BCUT2D eigenvalue weighted by atomic mass is 16.5. The molecule has 9 nitrogen and oxygen atoms in total. The Morgan fingerprint density at radius 2 is 2.21 bits per heavy atom. The molecule has 1 saturated heterocycles. The van der Waals surface area contributed by atoms with Gasteiger partial charge >= 0.3 is 5.97 Å². The third-order valence-corrected chi connectivity index (χ3v) is 4.82. The van der Waals surface area contributed by atoms with Crippen molar-refractivity contribution in [1.82, 2.24) is 19.6 Å². The van der Waals surface area contributed by atoms with Gasteiger partial charge in [-0.3, -0.25) is 0 Å². The molecular weight excluding hydrogens is 360 g/mol. The summed E-state index contributed by atoms with van der Waals surface area (Å²) in [5.74, 6) is 0.265. The normalized spacial score (nSPS) is 16.6. The predicted octanol–water partition coefficient (Wildman–Crippen LogP) is 1.89. The standard InChI is InChI=1S/C19H22N6O3/c20-8-3-11-28-17-6-1-4-14(22-17)15-5-2-9-24(15)16-7-10-25-18(23-16)13(12-21-25)19(26)27/h1,4,6-7,10,12,15H,2-3,5,8-9,11,20H2,(H,26,27)/t15-/m1/s1. The van der Waals surface area contributed by atoms with Gasteiger partial charge in [-0.1, -0.05) is 6.07 Å². The molecule has 0 aliphatic carbocycles. The smallest absolute Gasteiger partial charge is 0.341 e. The van der Waals surface area contributed by atoms with Crippen LogP contribution in [0.2, 0.25) is 0 Å². The fourth-order valence-corrected chi connectivity index (χ4v) is 3.48. The highest BCUT2D eigenvalue weighted by molar-refractivity contribution is 5.94. The van der Waals surface area contributed by atoms with Gasteiger partial charge in [0.2, 0.25) is 5.88 Å². The number of aromatic carboxylic acids is 1. The van der Waals surface area contributed by atoms with Crippen molar-refractivity contribution in [3.05, 3.63) is 47.9 Å². The molecule has 0 saturated carbocycles. The number of fused-ring (bicyclic) bond motifs is 1. The average Bonchev–Trinajstić information content (AvgIpc) is 3.35. The van der Waals surface area contributed by atoms with E-state index in [4.69, 9.17) is 10.5 Å². The topological polar surface area (TPSA) is 119 Å². The lowest BCUT2D eigenvalue weighted by molar-refractivity contribution is 0.0698. The van der Waals surface area contributed by atoms with Crippen molar-refractivity contribution in [1.29, 1.82) is 0 Å². The summed E-state index contributed by atoms with van der Waals surface area (Å²) in [5.41, 5.74) is 6.85. The molecule has 0 amide bonds. The van der Waals surface area contributed by atoms with Crippen LogP contribution in [0, 0.1) is 0 Å². The highest BCUT2D eigenvalue weighted by Crippen LogP contribution is 2.35. The minimum atomic E-state index is -1.04. The monoisotopic (exact) mass is 382 g/mol. The molecule has 1 atom stereocenters. The van der Waals surface area contributed by atoms with Gasteiger partial charge in [-0.25, -0.2) is 19.3 Å². The fourth-order valence-electron chi connectivity index (χ4n) is 3.48. The molecule has 146 valence electrons. The summed E-state index contributed by atoms with van der Waals surface area (Å²) in [6.07, 6.45) is 5.78. The molecule has 28 heavy (non-hydrogen) atoms. The lowest BCUT2D eigenvalue weighted by Gasteiger charge is -2.25. The number of ether oxygens (including phenoxy) is 1. The lowest BCUT2D eigenvalue weighted by Crippen LogP contribution is -2.24. The van der Waals surface area contributed by atoms with E-state index >= 15 is 0 Å². The van der Waals surface area contributed by atoms with Crippen LogP contribution in [0.4, 0.5) is 5.82 Å². The van der Waals surface area contributed by atoms with E-state index in [1.807, 2.05) is 24.3 Å². The van der Waals surface area contributed by atoms with Gasteiger partial charge in [-0.2, -0.15) is 5.10 Å². The largest absolute Gasteiger partial charge is 0.478 e. The maximum absolute atomic E-state index is 11.4. The van der Waals surface area contributed by atoms with Gasteiger partial charge in [0, 0.05) is 18.8 Å². The van der Waals surface area contributed by atoms with Gasteiger partial charge in [-0.05, 0) is 37.9 Å². The molecule has 3 aromatic rings. The quantitative estimate of drug-likeness (QED) is 0.595. The van der Waals surface area contributed by atoms with Crippen LogP contribution in [0.3, 0.4) is 0 Å². The molecule has 3 aromatic heterocycles. The summed E-state index contributed by atoms with van der Waals surface area (Å²) in [6, 6.07) is 7.68. The molecule has 9 heteroatoms. The Bertz CT molecular complexity index is 989. The van der Waals surface area contributed by atoms with E-state index in [0.29, 0.717) is 30.5 Å². The van der Waals surface area contributed by atoms with Gasteiger partial charge in [0.05, 0.1) is 24.5 Å². The predicted molar refractivity (Wildman–Crippen MR) is 103 cm³/mol. The van der Waals surface area contributed by atoms with Gasteiger partial charge in [0.1, 0.15) is 11.4 Å². The SMILES string of the molecule is NCCCOc1cccc([C@H]2CCCN2c2ccn3ncc(C(=O)O)c3n2)n1. The van der Waals surface area contributed by atoms with Crippen LogP contribution in [0.25, 0.3) is 5.65 Å². The van der Waals surface area contributed by atoms with Crippen LogP contribution in [-0.4, -0.2) is 50.4 Å². The summed E-state index contributed by atoms with van der Waals surface area (Å²) in [4.78, 5) is 22.8. The molecule has 0 unspecified atom stereocenters. The molecule has 0 aromatic carbocycles. The summed E-state index contributed by atoms with van der Waals surface area (Å²) in [5, 5.41) is 13.4. The molecule has 1 fully saturated rings. The molecule has 0 bridgehead atoms. The Morgan fingerprint density at radius 1 is 1.32 bits per heavy atom. The third-order valence-electron chi connectivity index (χ3n) is 4.82. The van der Waals surface area contributed by atoms with Gasteiger partial charge < -0.3 is 20.5 Å². The number of carboxylic acid groups (broad SMARTS) is 1. The highest BCUT2D eigenvalue weighted by Gasteiger charge is 2.29. The van der Waals surface area contributed by atoms with Crippen molar-refractivity contribution < 1.29 is 14.6 Å². The number of carboxylic acids is 1. The van der Waals surface area contributed by atoms with E-state index in [2.05, 4.69) is 20.0 Å². The van der Waals surface area contributed by atoms with Crippen LogP contribution in [0.1, 0.15) is 41.4 Å². The van der Waals surface area contributed by atoms with Crippen LogP contribution in [0.15, 0.2) is 36.7 Å². The second-order valence-corrected chi connectivity index (χ2v) is 6.66. The van der Waals surface area contributed by atoms with E-state index in [-0.39, 0.29) is 11.6 Å². The first kappa shape index (κ1) is 18.2. The van der Waals surface area contributed by atoms with Crippen molar-refractivity contribution in [3.63, 3.8) is 0 Å². The molecule has 0 spiro atoms. The second kappa shape index (κ2) is 7.81. The Kier molecular flexibility index (Phi) is 5.07. The first-order chi connectivity index (χ1) is 13.7. The third kappa shape index (κ3) is 3.48. The van der Waals surface area contributed by atoms with Crippen molar-refractivity contribution in [3.8, 4) is 5.88 Å². The minimum absolute atomic E-state index is 0.0595. The van der Waals surface area contributed by atoms with E-state index in [0.717, 1.165) is 31.5 Å². The molecule has 4 rings (SSSR count). The van der Waals surface area contributed by atoms with Crippen molar-refractivity contribution in [2.45, 2.75) is 25.3 Å². The maximum atomic E-state index is 11.4. The summed E-state index contributed by atoms with van der Waals surface area (Å²) in [7, 11) is 0. The summed E-state index contributed by atoms with van der Waals surface area (Å²) < 4.78 is 7.15. The number of hydrogen-bond acceptors (Lipinski definition) is 7. The van der Waals surface area contributed by atoms with E-state index in [9.17, 15) is 9.90 Å². The van der Waals surface area contributed by atoms with Gasteiger partial charge in [0.15, 0.2) is 5.65 Å². The molecule has 1 aliphatic heterocycles. The number of anilines is 1. The van der Waals surface area contributed by atoms with Crippen molar-refractivity contribution in [2.75, 3.05) is 24.6 Å². The molecule has 1 aliphatic rings. The number of pyridine rings is 1. The van der Waals surface area contributed by atoms with Crippen LogP contribution >= 0.6 is 0 Å². The number of nitrogens with two attached hydrogens (primary N) is 1. The summed E-state index contributed by atoms with van der Waals surface area (Å²) in [6.45, 7) is 1.94. The van der Waals surface area contributed by atoms with Gasteiger partial charge in [0.25, 0.3) is 0 Å². The number of hydrogen-bond donors (Lipinski definition) is 2. The first-order valence-corrected chi connectivity index (χ1v) is 9.31. The zero-order valence-electron chi connectivity index (χ0n) is 15.4. The number of rotatable bonds is 7. The number of aromatic nitrogens is 4. The zero-order valence-corrected chi connectivity index (χ0v) is 15.4. The van der Waals surface area contributed by atoms with Crippen LogP contribution in [-0.2, 0) is 0 Å². The maximum Gasteiger partial charge on any atom is 0.341 e. The number of carbonyl (C=O) groups is 1. The molecule has 3 N–H and O–H groups in total. The fraction of sp³-hybridized carbons (Fsp3) is 0.368. The zero-order chi connectivity index (χ0) is 19.5. The van der Waals surface area contributed by atoms with Crippen LogP contribution < -0.4 is 15.4 Å². The molecule has 0 radical (unpaired) electrons. The lowest BCUT2D eigenvalue weighted by atomic mass is 10.1. The van der Waals surface area contributed by atoms with E-state index in [1.165, 1.54) is 10.7 Å². The Hall–Kier alpha value is -3.20. The summed E-state index contributed by atoms with van der Waals surface area (Å²) >= 11 is 0. The van der Waals surface area contributed by atoms with E-state index in [1.54, 1.807) is 6.20 Å².